The van der Waals surface area contributed by atoms with Crippen molar-refractivity contribution in [3.05, 3.63) is 30.0 Å². The average Bonchev–Trinajstić information content (AvgIpc) is 3.06. The molecule has 2 aromatic rings. The predicted molar refractivity (Wildman–Crippen MR) is 113 cm³/mol. The lowest BCUT2D eigenvalue weighted by atomic mass is 9.54. The summed E-state index contributed by atoms with van der Waals surface area (Å²) in [6.07, 6.45) is 9.85. The van der Waals surface area contributed by atoms with Crippen LogP contribution >= 0.6 is 11.6 Å². The van der Waals surface area contributed by atoms with Crippen LogP contribution in [-0.2, 0) is 6.54 Å². The van der Waals surface area contributed by atoms with E-state index in [1.165, 1.54) is 32.1 Å². The molecule has 1 heterocycles. The number of aromatic nitrogens is 2. The van der Waals surface area contributed by atoms with Gasteiger partial charge in [0.05, 0.1) is 5.52 Å². The Morgan fingerprint density at radius 2 is 1.75 bits per heavy atom. The SMILES string of the molecule is O=C(NC1C2CC3CC(C2)CC1C3)c1nn(CCCCCCl)c2ccccc12. The van der Waals surface area contributed by atoms with E-state index < -0.39 is 0 Å². The molecule has 4 bridgehead atoms. The van der Waals surface area contributed by atoms with Crippen molar-refractivity contribution in [1.29, 1.82) is 0 Å². The molecular weight excluding hydrogens is 370 g/mol. The number of alkyl halides is 1. The molecule has 0 unspecified atom stereocenters. The van der Waals surface area contributed by atoms with Gasteiger partial charge >= 0.3 is 0 Å². The molecule has 0 atom stereocenters. The van der Waals surface area contributed by atoms with Crippen LogP contribution in [0.5, 0.6) is 0 Å². The second-order valence-electron chi connectivity index (χ2n) is 9.27. The van der Waals surface area contributed by atoms with Crippen LogP contribution in [0.2, 0.25) is 0 Å². The molecule has 6 rings (SSSR count). The molecule has 4 aliphatic carbocycles. The lowest BCUT2D eigenvalue weighted by Crippen LogP contribution is -2.55. The van der Waals surface area contributed by atoms with Gasteiger partial charge in [0.1, 0.15) is 0 Å². The van der Waals surface area contributed by atoms with Crippen LogP contribution in [0.3, 0.4) is 0 Å². The number of amides is 1. The van der Waals surface area contributed by atoms with Crippen molar-refractivity contribution in [3.8, 4) is 0 Å². The molecule has 4 nitrogen and oxygen atoms in total. The molecule has 4 fully saturated rings. The van der Waals surface area contributed by atoms with E-state index in [0.29, 0.717) is 29.5 Å². The number of unbranched alkanes of at least 4 members (excludes halogenated alkanes) is 2. The standard InChI is InChI=1S/C23H30ClN3O/c24-8-4-1-5-9-27-20-7-3-2-6-19(20)22(26-27)23(28)25-21-17-11-15-10-16(13-17)14-18(21)12-15/h2-3,6-7,15-18,21H,1,4-5,8-14H2,(H,25,28). The van der Waals surface area contributed by atoms with Gasteiger partial charge in [0.15, 0.2) is 5.69 Å². The van der Waals surface area contributed by atoms with E-state index in [1.807, 2.05) is 22.9 Å². The van der Waals surface area contributed by atoms with Crippen molar-refractivity contribution in [1.82, 2.24) is 15.1 Å². The highest BCUT2D eigenvalue weighted by Crippen LogP contribution is 2.53. The van der Waals surface area contributed by atoms with E-state index >= 15 is 0 Å². The van der Waals surface area contributed by atoms with Crippen LogP contribution in [0.1, 0.15) is 61.9 Å². The van der Waals surface area contributed by atoms with Gasteiger partial charge in [-0.1, -0.05) is 24.6 Å². The van der Waals surface area contributed by atoms with Crippen molar-refractivity contribution < 1.29 is 4.79 Å². The molecule has 0 aliphatic heterocycles. The summed E-state index contributed by atoms with van der Waals surface area (Å²) in [7, 11) is 0. The topological polar surface area (TPSA) is 46.9 Å². The van der Waals surface area contributed by atoms with Gasteiger partial charge in [0.2, 0.25) is 0 Å². The number of para-hydroxylation sites is 1. The molecule has 0 saturated heterocycles. The number of nitrogens with zero attached hydrogens (tertiary/aromatic N) is 2. The summed E-state index contributed by atoms with van der Waals surface area (Å²) in [6.45, 7) is 0.836. The average molecular weight is 400 g/mol. The number of carbonyl (C=O) groups is 1. The number of benzene rings is 1. The number of aryl methyl sites for hydroxylation is 1. The maximum atomic E-state index is 13.2. The molecule has 4 aliphatic rings. The van der Waals surface area contributed by atoms with Crippen molar-refractivity contribution in [2.24, 2.45) is 23.7 Å². The molecule has 28 heavy (non-hydrogen) atoms. The first-order valence-corrected chi connectivity index (χ1v) is 11.6. The molecule has 1 N–H and O–H groups in total. The van der Waals surface area contributed by atoms with Crippen LogP contribution in [0.15, 0.2) is 24.3 Å². The summed E-state index contributed by atoms with van der Waals surface area (Å²) in [5.74, 6) is 3.94. The number of nitrogens with one attached hydrogen (secondary N) is 1. The molecule has 4 saturated carbocycles. The highest BCUT2D eigenvalue weighted by molar-refractivity contribution is 6.17. The van der Waals surface area contributed by atoms with Gasteiger partial charge in [0, 0.05) is 23.9 Å². The summed E-state index contributed by atoms with van der Waals surface area (Å²) in [5, 5.41) is 9.14. The lowest BCUT2D eigenvalue weighted by molar-refractivity contribution is -0.0120. The Kier molecular flexibility index (Phi) is 5.08. The number of fused-ring (bicyclic) bond motifs is 1. The van der Waals surface area contributed by atoms with Gasteiger partial charge in [-0.3, -0.25) is 9.48 Å². The molecule has 1 aromatic carbocycles. The zero-order valence-electron chi connectivity index (χ0n) is 16.4. The summed E-state index contributed by atoms with van der Waals surface area (Å²) in [6, 6.07) is 8.49. The fourth-order valence-corrected chi connectivity index (χ4v) is 6.57. The van der Waals surface area contributed by atoms with Crippen LogP contribution in [0.4, 0.5) is 0 Å². The highest BCUT2D eigenvalue weighted by atomic mass is 35.5. The van der Waals surface area contributed by atoms with Crippen molar-refractivity contribution in [2.45, 2.75) is 64.0 Å². The van der Waals surface area contributed by atoms with E-state index in [4.69, 9.17) is 16.7 Å². The highest BCUT2D eigenvalue weighted by Gasteiger charge is 2.48. The number of hydrogen-bond donors (Lipinski definition) is 1. The molecule has 1 amide bonds. The molecule has 150 valence electrons. The maximum Gasteiger partial charge on any atom is 0.272 e. The first-order chi connectivity index (χ1) is 13.7. The Morgan fingerprint density at radius 3 is 2.46 bits per heavy atom. The Labute approximate surface area is 172 Å². The van der Waals surface area contributed by atoms with Crippen molar-refractivity contribution in [3.63, 3.8) is 0 Å². The normalized spacial score (nSPS) is 30.8. The smallest absolute Gasteiger partial charge is 0.272 e. The van der Waals surface area contributed by atoms with Gasteiger partial charge in [-0.05, 0) is 74.7 Å². The van der Waals surface area contributed by atoms with Crippen molar-refractivity contribution in [2.75, 3.05) is 5.88 Å². The van der Waals surface area contributed by atoms with Gasteiger partial charge < -0.3 is 5.32 Å². The summed E-state index contributed by atoms with van der Waals surface area (Å²) >= 11 is 5.79. The number of hydrogen-bond acceptors (Lipinski definition) is 2. The van der Waals surface area contributed by atoms with E-state index in [9.17, 15) is 4.79 Å². The summed E-state index contributed by atoms with van der Waals surface area (Å²) < 4.78 is 2.01. The Bertz CT molecular complexity index is 833. The van der Waals surface area contributed by atoms with Gasteiger partial charge in [-0.25, -0.2) is 0 Å². The molecular formula is C23H30ClN3O. The third kappa shape index (κ3) is 3.34. The fraction of sp³-hybridized carbons (Fsp3) is 0.652. The van der Waals surface area contributed by atoms with Gasteiger partial charge in [0.25, 0.3) is 5.91 Å². The van der Waals surface area contributed by atoms with Crippen molar-refractivity contribution >= 4 is 28.4 Å². The minimum absolute atomic E-state index is 0.0215. The quantitative estimate of drug-likeness (QED) is 0.526. The number of halogens is 1. The minimum Gasteiger partial charge on any atom is -0.347 e. The lowest BCUT2D eigenvalue weighted by Gasteiger charge is -2.54. The summed E-state index contributed by atoms with van der Waals surface area (Å²) in [5.41, 5.74) is 1.66. The van der Waals surface area contributed by atoms with Crippen LogP contribution < -0.4 is 5.32 Å². The van der Waals surface area contributed by atoms with E-state index in [2.05, 4.69) is 11.4 Å². The zero-order valence-corrected chi connectivity index (χ0v) is 17.2. The number of carbonyl (C=O) groups excluding carboxylic acids is 1. The first-order valence-electron chi connectivity index (χ1n) is 11.1. The Morgan fingerprint density at radius 1 is 1.04 bits per heavy atom. The maximum absolute atomic E-state index is 13.2. The zero-order chi connectivity index (χ0) is 19.1. The van der Waals surface area contributed by atoms with Crippen LogP contribution in [-0.4, -0.2) is 27.6 Å². The monoisotopic (exact) mass is 399 g/mol. The molecule has 1 aromatic heterocycles. The molecule has 0 spiro atoms. The van der Waals surface area contributed by atoms with Gasteiger partial charge in [-0.15, -0.1) is 11.6 Å². The van der Waals surface area contributed by atoms with Crippen LogP contribution in [0, 0.1) is 23.7 Å². The fourth-order valence-electron chi connectivity index (χ4n) is 6.38. The predicted octanol–water partition coefficient (Wildman–Crippen LogP) is 5.00. The largest absolute Gasteiger partial charge is 0.347 e. The third-order valence-corrected chi connectivity index (χ3v) is 7.67. The molecule has 0 radical (unpaired) electrons. The van der Waals surface area contributed by atoms with E-state index in [1.54, 1.807) is 0 Å². The second kappa shape index (κ2) is 7.70. The van der Waals surface area contributed by atoms with Gasteiger partial charge in [-0.2, -0.15) is 5.10 Å². The first kappa shape index (κ1) is 18.5. The Hall–Kier alpha value is -1.55. The van der Waals surface area contributed by atoms with E-state index in [0.717, 1.165) is 48.5 Å². The third-order valence-electron chi connectivity index (χ3n) is 7.40. The second-order valence-corrected chi connectivity index (χ2v) is 9.65. The summed E-state index contributed by atoms with van der Waals surface area (Å²) in [4.78, 5) is 13.2. The minimum atomic E-state index is 0.0215. The van der Waals surface area contributed by atoms with E-state index in [-0.39, 0.29) is 5.91 Å². The Balaban J connectivity index is 1.34. The number of rotatable bonds is 7. The molecule has 5 heteroatoms. The van der Waals surface area contributed by atoms with Crippen LogP contribution in [0.25, 0.3) is 10.9 Å².